The average Bonchev–Trinajstić information content (AvgIpc) is 2.76. The molecule has 1 saturated carbocycles. The van der Waals surface area contributed by atoms with Crippen molar-refractivity contribution in [2.24, 2.45) is 0 Å². The van der Waals surface area contributed by atoms with Crippen LogP contribution in [0.5, 0.6) is 0 Å². The third-order valence-corrected chi connectivity index (χ3v) is 4.66. The summed E-state index contributed by atoms with van der Waals surface area (Å²) in [6.45, 7) is 1.86. The van der Waals surface area contributed by atoms with Crippen LogP contribution < -0.4 is 5.32 Å². The normalized spacial score (nSPS) is 19.8. The summed E-state index contributed by atoms with van der Waals surface area (Å²) in [4.78, 5) is 24.6. The third-order valence-electron chi connectivity index (χ3n) is 4.66. The molecule has 5 heteroatoms. The van der Waals surface area contributed by atoms with Crippen LogP contribution in [0, 0.1) is 5.82 Å². The van der Waals surface area contributed by atoms with Gasteiger partial charge >= 0.3 is 5.97 Å². The highest BCUT2D eigenvalue weighted by Gasteiger charge is 2.49. The third kappa shape index (κ3) is 3.00. The predicted molar refractivity (Wildman–Crippen MR) is 82.9 cm³/mol. The van der Waals surface area contributed by atoms with Gasteiger partial charge in [0, 0.05) is 12.1 Å². The van der Waals surface area contributed by atoms with Gasteiger partial charge in [0.1, 0.15) is 11.4 Å². The summed E-state index contributed by atoms with van der Waals surface area (Å²) in [6, 6.07) is 6.09. The molecule has 4 nitrogen and oxygen atoms in total. The molecule has 0 saturated heterocycles. The monoisotopic (exact) mass is 317 g/mol. The largest absolute Gasteiger partial charge is 0.451 e. The molecule has 1 aliphatic carbocycles. The van der Waals surface area contributed by atoms with E-state index in [2.05, 4.69) is 5.32 Å². The topological polar surface area (TPSA) is 55.4 Å². The van der Waals surface area contributed by atoms with Gasteiger partial charge in [-0.2, -0.15) is 0 Å². The Morgan fingerprint density at radius 2 is 2.04 bits per heavy atom. The van der Waals surface area contributed by atoms with E-state index in [0.29, 0.717) is 29.6 Å². The Morgan fingerprint density at radius 3 is 2.74 bits per heavy atom. The molecule has 0 aromatic heterocycles. The maximum absolute atomic E-state index is 13.2. The lowest BCUT2D eigenvalue weighted by molar-refractivity contribution is -0.149. The lowest BCUT2D eigenvalue weighted by Gasteiger charge is -2.34. The van der Waals surface area contributed by atoms with E-state index in [1.54, 1.807) is 19.1 Å². The molecule has 122 valence electrons. The fourth-order valence-electron chi connectivity index (χ4n) is 3.52. The summed E-state index contributed by atoms with van der Waals surface area (Å²) >= 11 is 0. The summed E-state index contributed by atoms with van der Waals surface area (Å²) in [5, 5.41) is 2.79. The Labute approximate surface area is 134 Å². The van der Waals surface area contributed by atoms with Crippen LogP contribution in [0.3, 0.4) is 0 Å². The fourth-order valence-corrected chi connectivity index (χ4v) is 3.52. The molecule has 2 aliphatic rings. The summed E-state index contributed by atoms with van der Waals surface area (Å²) in [5.41, 5.74) is 0.771. The van der Waals surface area contributed by atoms with Gasteiger partial charge in [0.15, 0.2) is 0 Å². The molecular formula is C18H20FNO3. The Hall–Kier alpha value is -2.17. The van der Waals surface area contributed by atoms with Crippen LogP contribution in [-0.2, 0) is 20.9 Å². The summed E-state index contributed by atoms with van der Waals surface area (Å²) < 4.78 is 18.8. The van der Waals surface area contributed by atoms with E-state index in [9.17, 15) is 14.0 Å². The second kappa shape index (κ2) is 6.14. The van der Waals surface area contributed by atoms with Gasteiger partial charge in [0.05, 0.1) is 5.57 Å². The number of hydrogen-bond donors (Lipinski definition) is 1. The smallest absolute Gasteiger partial charge is 0.335 e. The molecule has 1 aliphatic heterocycles. The molecule has 1 aromatic rings. The van der Waals surface area contributed by atoms with Crippen molar-refractivity contribution in [2.75, 3.05) is 0 Å². The first kappa shape index (κ1) is 15.7. The fraction of sp³-hybridized carbons (Fsp3) is 0.444. The Balaban J connectivity index is 1.77. The first-order valence-electron chi connectivity index (χ1n) is 7.99. The minimum Gasteiger partial charge on any atom is -0.451 e. The molecule has 3 rings (SSSR count). The Morgan fingerprint density at radius 1 is 1.30 bits per heavy atom. The number of esters is 1. The first-order chi connectivity index (χ1) is 11.0. The van der Waals surface area contributed by atoms with Crippen LogP contribution in [0.2, 0.25) is 0 Å². The molecule has 1 heterocycles. The number of hydrogen-bond acceptors (Lipinski definition) is 3. The number of carbonyl (C=O) groups excluding carboxylic acids is 2. The number of halogens is 1. The second-order valence-corrected chi connectivity index (χ2v) is 6.26. The average molecular weight is 317 g/mol. The van der Waals surface area contributed by atoms with Gasteiger partial charge in [-0.1, -0.05) is 18.6 Å². The molecule has 1 amide bonds. The minimum atomic E-state index is -0.758. The predicted octanol–water partition coefficient (Wildman–Crippen LogP) is 3.02. The maximum atomic E-state index is 13.2. The molecule has 23 heavy (non-hydrogen) atoms. The maximum Gasteiger partial charge on any atom is 0.335 e. The standard InChI is InChI=1S/C18H20FNO3/c1-12-15(18(23-17(12)22)8-3-2-4-9-18)16(21)20-11-13-6-5-7-14(19)10-13/h5-7,10H,2-4,8-9,11H2,1H3,(H,20,21). The molecule has 1 fully saturated rings. The van der Waals surface area contributed by atoms with Crippen molar-refractivity contribution in [3.8, 4) is 0 Å². The van der Waals surface area contributed by atoms with Crippen molar-refractivity contribution in [3.63, 3.8) is 0 Å². The Bertz CT molecular complexity index is 675. The van der Waals surface area contributed by atoms with Gasteiger partial charge in [-0.15, -0.1) is 0 Å². The van der Waals surface area contributed by atoms with E-state index in [-0.39, 0.29) is 18.3 Å². The van der Waals surface area contributed by atoms with Crippen LogP contribution in [0.15, 0.2) is 35.4 Å². The van der Waals surface area contributed by atoms with E-state index < -0.39 is 11.6 Å². The van der Waals surface area contributed by atoms with E-state index in [1.807, 2.05) is 0 Å². The number of nitrogens with one attached hydrogen (secondary N) is 1. The lowest BCUT2D eigenvalue weighted by Crippen LogP contribution is -2.41. The van der Waals surface area contributed by atoms with Gasteiger partial charge in [-0.25, -0.2) is 9.18 Å². The van der Waals surface area contributed by atoms with E-state index in [0.717, 1.165) is 19.3 Å². The van der Waals surface area contributed by atoms with Gasteiger partial charge in [0.2, 0.25) is 0 Å². The van der Waals surface area contributed by atoms with Crippen LogP contribution >= 0.6 is 0 Å². The molecule has 0 unspecified atom stereocenters. The highest BCUT2D eigenvalue weighted by atomic mass is 19.1. The number of amides is 1. The number of ether oxygens (including phenoxy) is 1. The van der Waals surface area contributed by atoms with E-state index in [1.165, 1.54) is 12.1 Å². The highest BCUT2D eigenvalue weighted by molar-refractivity contribution is 6.07. The van der Waals surface area contributed by atoms with E-state index in [4.69, 9.17) is 4.74 Å². The minimum absolute atomic E-state index is 0.220. The van der Waals surface area contributed by atoms with Crippen molar-refractivity contribution in [1.82, 2.24) is 5.32 Å². The summed E-state index contributed by atoms with van der Waals surface area (Å²) in [6.07, 6.45) is 4.37. The van der Waals surface area contributed by atoms with Crippen LogP contribution in [0.25, 0.3) is 0 Å². The van der Waals surface area contributed by atoms with Crippen molar-refractivity contribution in [1.29, 1.82) is 0 Å². The van der Waals surface area contributed by atoms with Crippen molar-refractivity contribution in [2.45, 2.75) is 51.2 Å². The summed E-state index contributed by atoms with van der Waals surface area (Å²) in [7, 11) is 0. The van der Waals surface area contributed by atoms with Crippen molar-refractivity contribution < 1.29 is 18.7 Å². The second-order valence-electron chi connectivity index (χ2n) is 6.26. The SMILES string of the molecule is CC1=C(C(=O)NCc2cccc(F)c2)C2(CCCCC2)OC1=O. The summed E-state index contributed by atoms with van der Waals surface area (Å²) in [5.74, 6) is -1.03. The highest BCUT2D eigenvalue weighted by Crippen LogP contribution is 2.43. The molecular weight excluding hydrogens is 297 g/mol. The van der Waals surface area contributed by atoms with Crippen LogP contribution in [0.1, 0.15) is 44.6 Å². The van der Waals surface area contributed by atoms with Gasteiger partial charge in [-0.3, -0.25) is 4.79 Å². The zero-order valence-corrected chi connectivity index (χ0v) is 13.2. The zero-order valence-electron chi connectivity index (χ0n) is 13.2. The zero-order chi connectivity index (χ0) is 16.4. The molecule has 0 bridgehead atoms. The molecule has 1 N–H and O–H groups in total. The van der Waals surface area contributed by atoms with E-state index >= 15 is 0 Å². The number of carbonyl (C=O) groups is 2. The van der Waals surface area contributed by atoms with Gasteiger partial charge < -0.3 is 10.1 Å². The molecule has 0 atom stereocenters. The van der Waals surface area contributed by atoms with Gasteiger partial charge in [-0.05, 0) is 50.3 Å². The lowest BCUT2D eigenvalue weighted by atomic mass is 9.78. The Kier molecular flexibility index (Phi) is 4.20. The van der Waals surface area contributed by atoms with Gasteiger partial charge in [0.25, 0.3) is 5.91 Å². The van der Waals surface area contributed by atoms with Crippen molar-refractivity contribution in [3.05, 3.63) is 46.8 Å². The number of benzene rings is 1. The quantitative estimate of drug-likeness (QED) is 0.872. The van der Waals surface area contributed by atoms with Crippen LogP contribution in [0.4, 0.5) is 4.39 Å². The molecule has 0 radical (unpaired) electrons. The number of rotatable bonds is 3. The van der Waals surface area contributed by atoms with Crippen LogP contribution in [-0.4, -0.2) is 17.5 Å². The first-order valence-corrected chi connectivity index (χ1v) is 7.99. The molecule has 1 aromatic carbocycles. The van der Waals surface area contributed by atoms with Crippen molar-refractivity contribution >= 4 is 11.9 Å². The molecule has 1 spiro atoms.